The zero-order chi connectivity index (χ0) is 15.4. The molecule has 2 aromatic rings. The molecule has 2 rings (SSSR count). The lowest BCUT2D eigenvalue weighted by Gasteiger charge is -2.14. The number of fused-ring (bicyclic) bond motifs is 1. The Kier molecular flexibility index (Phi) is 4.93. The van der Waals surface area contributed by atoms with Crippen LogP contribution < -0.4 is 5.32 Å². The van der Waals surface area contributed by atoms with Gasteiger partial charge in [0, 0.05) is 20.4 Å². The van der Waals surface area contributed by atoms with Crippen molar-refractivity contribution >= 4 is 11.6 Å². The maximum Gasteiger partial charge on any atom is 0.226 e. The highest BCUT2D eigenvalue weighted by atomic mass is 16.7. The molecule has 1 N–H and O–H groups in total. The monoisotopic (exact) mass is 291 g/mol. The highest BCUT2D eigenvalue weighted by molar-refractivity contribution is 5.78. The van der Waals surface area contributed by atoms with Crippen LogP contribution >= 0.6 is 0 Å². The van der Waals surface area contributed by atoms with Crippen molar-refractivity contribution in [1.82, 2.24) is 14.7 Å². The first-order valence-corrected chi connectivity index (χ1v) is 6.82. The molecule has 2 aromatic heterocycles. The van der Waals surface area contributed by atoms with E-state index in [1.165, 1.54) is 14.2 Å². The van der Waals surface area contributed by atoms with E-state index in [-0.39, 0.29) is 12.3 Å². The molecule has 0 saturated carbocycles. The number of aryl methyl sites for hydroxylation is 2. The van der Waals surface area contributed by atoms with Crippen LogP contribution in [0.4, 0.5) is 0 Å². The second-order valence-corrected chi connectivity index (χ2v) is 4.91. The lowest BCUT2D eigenvalue weighted by molar-refractivity contribution is -0.126. The van der Waals surface area contributed by atoms with Gasteiger partial charge in [-0.2, -0.15) is 0 Å². The number of rotatable bonds is 6. The maximum absolute atomic E-state index is 12.1. The topological polar surface area (TPSA) is 64.9 Å². The van der Waals surface area contributed by atoms with Crippen molar-refractivity contribution in [3.63, 3.8) is 0 Å². The molecule has 6 nitrogen and oxygen atoms in total. The summed E-state index contributed by atoms with van der Waals surface area (Å²) in [5, 5.41) is 2.80. The van der Waals surface area contributed by atoms with Gasteiger partial charge in [-0.1, -0.05) is 6.07 Å². The number of hydrogen-bond donors (Lipinski definition) is 1. The normalized spacial score (nSPS) is 11.3. The molecule has 114 valence electrons. The van der Waals surface area contributed by atoms with Crippen molar-refractivity contribution in [3.8, 4) is 0 Å². The summed E-state index contributed by atoms with van der Waals surface area (Å²) in [6, 6.07) is 3.96. The fraction of sp³-hybridized carbons (Fsp3) is 0.467. The van der Waals surface area contributed by atoms with Crippen LogP contribution in [0.3, 0.4) is 0 Å². The minimum Gasteiger partial charge on any atom is -0.354 e. The lowest BCUT2D eigenvalue weighted by Crippen LogP contribution is -2.35. The molecule has 0 aliphatic rings. The molecule has 6 heteroatoms. The summed E-state index contributed by atoms with van der Waals surface area (Å²) < 4.78 is 12.0. The summed E-state index contributed by atoms with van der Waals surface area (Å²) >= 11 is 0. The van der Waals surface area contributed by atoms with Crippen molar-refractivity contribution in [3.05, 3.63) is 35.3 Å². The molecule has 2 heterocycles. The Balaban J connectivity index is 2.11. The number of carbonyl (C=O) groups is 1. The third-order valence-corrected chi connectivity index (χ3v) is 3.46. The number of hydrogen-bond acceptors (Lipinski definition) is 4. The van der Waals surface area contributed by atoms with Crippen molar-refractivity contribution < 1.29 is 14.3 Å². The van der Waals surface area contributed by atoms with Crippen LogP contribution in [0.1, 0.15) is 17.0 Å². The minimum absolute atomic E-state index is 0.0829. The fourth-order valence-electron chi connectivity index (χ4n) is 2.25. The number of nitrogens with one attached hydrogen (secondary N) is 1. The standard InChI is InChI=1S/C15H21N3O3/c1-10-6-5-7-18-12(11(2)17-15(10)18)8-13(19)16-9-14(20-3)21-4/h5-7,14H,8-9H2,1-4H3,(H,16,19). The molecule has 0 bridgehead atoms. The Morgan fingerprint density at radius 2 is 2.10 bits per heavy atom. The van der Waals surface area contributed by atoms with E-state index in [0.29, 0.717) is 6.54 Å². The molecule has 0 saturated heterocycles. The molecule has 0 fully saturated rings. The van der Waals surface area contributed by atoms with Gasteiger partial charge in [-0.05, 0) is 25.5 Å². The SMILES string of the molecule is COC(CNC(=O)Cc1c(C)nc2c(C)cccn12)OC. The van der Waals surface area contributed by atoms with Crippen LogP contribution in [0.2, 0.25) is 0 Å². The van der Waals surface area contributed by atoms with Crippen LogP contribution in [-0.4, -0.2) is 42.3 Å². The van der Waals surface area contributed by atoms with Crippen molar-refractivity contribution in [1.29, 1.82) is 0 Å². The van der Waals surface area contributed by atoms with E-state index in [0.717, 1.165) is 22.6 Å². The summed E-state index contributed by atoms with van der Waals surface area (Å²) in [4.78, 5) is 16.6. The predicted molar refractivity (Wildman–Crippen MR) is 79.2 cm³/mol. The van der Waals surface area contributed by atoms with Gasteiger partial charge >= 0.3 is 0 Å². The third kappa shape index (κ3) is 3.40. The first-order chi connectivity index (χ1) is 10.1. The first-order valence-electron chi connectivity index (χ1n) is 6.82. The van der Waals surface area contributed by atoms with Gasteiger partial charge in [0.1, 0.15) is 5.65 Å². The second-order valence-electron chi connectivity index (χ2n) is 4.91. The van der Waals surface area contributed by atoms with E-state index in [9.17, 15) is 4.79 Å². The summed E-state index contributed by atoms with van der Waals surface area (Å²) in [5.41, 5.74) is 3.75. The number of amides is 1. The van der Waals surface area contributed by atoms with Crippen LogP contribution in [0.25, 0.3) is 5.65 Å². The minimum atomic E-state index is -0.431. The molecule has 0 aliphatic heterocycles. The van der Waals surface area contributed by atoms with E-state index in [4.69, 9.17) is 9.47 Å². The molecule has 1 amide bonds. The van der Waals surface area contributed by atoms with E-state index >= 15 is 0 Å². The smallest absolute Gasteiger partial charge is 0.226 e. The van der Waals surface area contributed by atoms with Gasteiger partial charge in [-0.25, -0.2) is 4.98 Å². The van der Waals surface area contributed by atoms with Crippen LogP contribution in [0.15, 0.2) is 18.3 Å². The molecule has 0 unspecified atom stereocenters. The van der Waals surface area contributed by atoms with Crippen LogP contribution in [0.5, 0.6) is 0 Å². The average molecular weight is 291 g/mol. The zero-order valence-electron chi connectivity index (χ0n) is 12.8. The highest BCUT2D eigenvalue weighted by Crippen LogP contribution is 2.15. The number of ether oxygens (including phenoxy) is 2. The molecule has 0 radical (unpaired) electrons. The zero-order valence-corrected chi connectivity index (χ0v) is 12.8. The van der Waals surface area contributed by atoms with E-state index in [1.54, 1.807) is 0 Å². The van der Waals surface area contributed by atoms with Crippen molar-refractivity contribution in [2.45, 2.75) is 26.6 Å². The van der Waals surface area contributed by atoms with Gasteiger partial charge in [-0.3, -0.25) is 4.79 Å². The van der Waals surface area contributed by atoms with Crippen LogP contribution in [0, 0.1) is 13.8 Å². The summed E-state index contributed by atoms with van der Waals surface area (Å²) in [5.74, 6) is -0.0829. The number of nitrogens with zero attached hydrogens (tertiary/aromatic N) is 2. The summed E-state index contributed by atoms with van der Waals surface area (Å²) in [6.07, 6.45) is 1.77. The predicted octanol–water partition coefficient (Wildman–Crippen LogP) is 1.23. The highest BCUT2D eigenvalue weighted by Gasteiger charge is 2.14. The molecule has 0 atom stereocenters. The lowest BCUT2D eigenvalue weighted by atomic mass is 10.2. The van der Waals surface area contributed by atoms with Gasteiger partial charge in [0.2, 0.25) is 5.91 Å². The van der Waals surface area contributed by atoms with Crippen molar-refractivity contribution in [2.24, 2.45) is 0 Å². The summed E-state index contributed by atoms with van der Waals surface area (Å²) in [7, 11) is 3.08. The number of aromatic nitrogens is 2. The number of imidazole rings is 1. The van der Waals surface area contributed by atoms with Gasteiger partial charge in [0.15, 0.2) is 6.29 Å². The Morgan fingerprint density at radius 1 is 1.38 bits per heavy atom. The fourth-order valence-corrected chi connectivity index (χ4v) is 2.25. The number of pyridine rings is 1. The van der Waals surface area contributed by atoms with Crippen LogP contribution in [-0.2, 0) is 20.7 Å². The largest absolute Gasteiger partial charge is 0.354 e. The Hall–Kier alpha value is -1.92. The first kappa shape index (κ1) is 15.5. The van der Waals surface area contributed by atoms with Gasteiger partial charge in [-0.15, -0.1) is 0 Å². The Labute approximate surface area is 124 Å². The Morgan fingerprint density at radius 3 is 2.76 bits per heavy atom. The summed E-state index contributed by atoms with van der Waals surface area (Å²) in [6.45, 7) is 4.25. The Bertz CT molecular complexity index is 632. The van der Waals surface area contributed by atoms with Gasteiger partial charge in [0.05, 0.1) is 24.4 Å². The third-order valence-electron chi connectivity index (χ3n) is 3.46. The second kappa shape index (κ2) is 6.69. The van der Waals surface area contributed by atoms with E-state index in [1.807, 2.05) is 36.6 Å². The number of carbonyl (C=O) groups excluding carboxylic acids is 1. The quantitative estimate of drug-likeness (QED) is 0.813. The molecular weight excluding hydrogens is 270 g/mol. The maximum atomic E-state index is 12.1. The number of methoxy groups -OCH3 is 2. The molecule has 21 heavy (non-hydrogen) atoms. The molecule has 0 aromatic carbocycles. The van der Waals surface area contributed by atoms with Crippen molar-refractivity contribution in [2.75, 3.05) is 20.8 Å². The average Bonchev–Trinajstić information content (AvgIpc) is 2.78. The molecule has 0 spiro atoms. The molecular formula is C15H21N3O3. The molecule has 0 aliphatic carbocycles. The van der Waals surface area contributed by atoms with E-state index < -0.39 is 6.29 Å². The van der Waals surface area contributed by atoms with Gasteiger partial charge in [0.25, 0.3) is 0 Å². The van der Waals surface area contributed by atoms with Gasteiger partial charge < -0.3 is 19.2 Å². The van der Waals surface area contributed by atoms with E-state index in [2.05, 4.69) is 10.3 Å².